The summed E-state index contributed by atoms with van der Waals surface area (Å²) in [6.07, 6.45) is 4.51. The van der Waals surface area contributed by atoms with Crippen LogP contribution in [0.2, 0.25) is 0 Å². The van der Waals surface area contributed by atoms with Gasteiger partial charge in [0.15, 0.2) is 0 Å². The largest absolute Gasteiger partial charge is 0.464 e. The van der Waals surface area contributed by atoms with Crippen LogP contribution in [0.15, 0.2) is 6.20 Å². The fourth-order valence-corrected chi connectivity index (χ4v) is 2.62. The third-order valence-electron chi connectivity index (χ3n) is 3.69. The summed E-state index contributed by atoms with van der Waals surface area (Å²) in [6.45, 7) is 4.24. The molecule has 18 heavy (non-hydrogen) atoms. The van der Waals surface area contributed by atoms with Gasteiger partial charge in [0.1, 0.15) is 11.9 Å². The zero-order chi connectivity index (χ0) is 12.5. The molecule has 0 saturated carbocycles. The van der Waals surface area contributed by atoms with E-state index in [0.717, 1.165) is 43.9 Å². The second-order valence-corrected chi connectivity index (χ2v) is 4.80. The van der Waals surface area contributed by atoms with Gasteiger partial charge in [-0.2, -0.15) is 0 Å². The molecular formula is C13H17N3O2. The van der Waals surface area contributed by atoms with Crippen LogP contribution in [0.3, 0.4) is 0 Å². The topological polar surface area (TPSA) is 55.3 Å². The van der Waals surface area contributed by atoms with Gasteiger partial charge >= 0.3 is 5.97 Å². The number of carbonyl (C=O) groups excluding carboxylic acids is 1. The minimum absolute atomic E-state index is 0.0711. The van der Waals surface area contributed by atoms with Gasteiger partial charge < -0.3 is 4.74 Å². The van der Waals surface area contributed by atoms with Crippen LogP contribution in [-0.2, 0) is 28.9 Å². The lowest BCUT2D eigenvalue weighted by Crippen LogP contribution is -2.42. The Morgan fingerprint density at radius 3 is 3.17 bits per heavy atom. The van der Waals surface area contributed by atoms with Crippen LogP contribution >= 0.6 is 0 Å². The van der Waals surface area contributed by atoms with Gasteiger partial charge in [-0.15, -0.1) is 0 Å². The molecule has 1 aromatic rings. The van der Waals surface area contributed by atoms with Crippen molar-refractivity contribution in [2.75, 3.05) is 13.2 Å². The van der Waals surface area contributed by atoms with Crippen molar-refractivity contribution in [1.29, 1.82) is 0 Å². The Balaban J connectivity index is 1.81. The number of esters is 1. The van der Waals surface area contributed by atoms with Crippen LogP contribution in [0, 0.1) is 0 Å². The maximum absolute atomic E-state index is 11.6. The number of cyclic esters (lactones) is 1. The van der Waals surface area contributed by atoms with Gasteiger partial charge in [-0.1, -0.05) is 6.92 Å². The standard InChI is InChI=1S/C13H17N3O2/c1-2-12-14-7-9-3-5-16(8-10(9)15-12)11-4-6-18-13(11)17/h7,11H,2-6,8H2,1H3/t11-/m1/s1. The molecule has 5 heteroatoms. The Morgan fingerprint density at radius 1 is 1.56 bits per heavy atom. The van der Waals surface area contributed by atoms with E-state index >= 15 is 0 Å². The Kier molecular flexibility index (Phi) is 2.99. The average molecular weight is 247 g/mol. The number of nitrogens with zero attached hydrogens (tertiary/aromatic N) is 3. The molecule has 0 bridgehead atoms. The molecule has 0 N–H and O–H groups in total. The first kappa shape index (κ1) is 11.6. The predicted molar refractivity (Wildman–Crippen MR) is 64.9 cm³/mol. The van der Waals surface area contributed by atoms with Crippen molar-refractivity contribution >= 4 is 5.97 Å². The van der Waals surface area contributed by atoms with Gasteiger partial charge in [-0.25, -0.2) is 9.97 Å². The Labute approximate surface area is 106 Å². The molecular weight excluding hydrogens is 230 g/mol. The Hall–Kier alpha value is -1.49. The Bertz CT molecular complexity index is 475. The molecule has 1 aromatic heterocycles. The van der Waals surface area contributed by atoms with Crippen LogP contribution in [0.1, 0.15) is 30.4 Å². The van der Waals surface area contributed by atoms with E-state index in [4.69, 9.17) is 4.74 Å². The fraction of sp³-hybridized carbons (Fsp3) is 0.615. The second kappa shape index (κ2) is 4.65. The lowest BCUT2D eigenvalue weighted by Gasteiger charge is -2.30. The van der Waals surface area contributed by atoms with Crippen molar-refractivity contribution in [2.24, 2.45) is 0 Å². The molecule has 0 aromatic carbocycles. The first-order chi connectivity index (χ1) is 8.78. The minimum Gasteiger partial charge on any atom is -0.464 e. The molecule has 0 unspecified atom stereocenters. The van der Waals surface area contributed by atoms with E-state index in [-0.39, 0.29) is 12.0 Å². The van der Waals surface area contributed by atoms with E-state index in [0.29, 0.717) is 6.61 Å². The number of aromatic nitrogens is 2. The fourth-order valence-electron chi connectivity index (χ4n) is 2.62. The summed E-state index contributed by atoms with van der Waals surface area (Å²) >= 11 is 0. The van der Waals surface area contributed by atoms with E-state index in [1.165, 1.54) is 5.56 Å². The van der Waals surface area contributed by atoms with Crippen molar-refractivity contribution in [3.05, 3.63) is 23.3 Å². The van der Waals surface area contributed by atoms with Crippen molar-refractivity contribution in [3.8, 4) is 0 Å². The zero-order valence-electron chi connectivity index (χ0n) is 10.6. The molecule has 0 aliphatic carbocycles. The summed E-state index contributed by atoms with van der Waals surface area (Å²) in [5.74, 6) is 0.799. The predicted octanol–water partition coefficient (Wildman–Crippen LogP) is 0.713. The molecule has 3 rings (SSSR count). The molecule has 1 saturated heterocycles. The van der Waals surface area contributed by atoms with Crippen molar-refractivity contribution < 1.29 is 9.53 Å². The van der Waals surface area contributed by atoms with Gasteiger partial charge in [0.25, 0.3) is 0 Å². The highest BCUT2D eigenvalue weighted by molar-refractivity contribution is 5.77. The molecule has 1 fully saturated rings. The highest BCUT2D eigenvalue weighted by Gasteiger charge is 2.34. The molecule has 5 nitrogen and oxygen atoms in total. The smallest absolute Gasteiger partial charge is 0.323 e. The van der Waals surface area contributed by atoms with E-state index in [2.05, 4.69) is 21.8 Å². The quantitative estimate of drug-likeness (QED) is 0.720. The molecule has 2 aliphatic heterocycles. The first-order valence-corrected chi connectivity index (χ1v) is 6.52. The van der Waals surface area contributed by atoms with Gasteiger partial charge in [-0.3, -0.25) is 9.69 Å². The SMILES string of the molecule is CCc1ncc2c(n1)CN([C@@H]1CCOC1=O)CC2. The van der Waals surface area contributed by atoms with E-state index in [9.17, 15) is 4.79 Å². The molecule has 3 heterocycles. The van der Waals surface area contributed by atoms with Crippen LogP contribution in [0.5, 0.6) is 0 Å². The van der Waals surface area contributed by atoms with E-state index < -0.39 is 0 Å². The molecule has 96 valence electrons. The molecule has 0 amide bonds. The number of hydrogen-bond donors (Lipinski definition) is 0. The van der Waals surface area contributed by atoms with Crippen LogP contribution in [0.4, 0.5) is 0 Å². The van der Waals surface area contributed by atoms with Gasteiger partial charge in [0, 0.05) is 32.1 Å². The normalized spacial score (nSPS) is 23.8. The molecule has 1 atom stereocenters. The van der Waals surface area contributed by atoms with Crippen LogP contribution < -0.4 is 0 Å². The maximum atomic E-state index is 11.6. The number of rotatable bonds is 2. The van der Waals surface area contributed by atoms with Gasteiger partial charge in [0.05, 0.1) is 12.3 Å². The van der Waals surface area contributed by atoms with Gasteiger partial charge in [0.2, 0.25) is 0 Å². The van der Waals surface area contributed by atoms with Crippen molar-refractivity contribution in [2.45, 2.75) is 38.8 Å². The van der Waals surface area contributed by atoms with E-state index in [1.807, 2.05) is 6.20 Å². The van der Waals surface area contributed by atoms with Crippen LogP contribution in [-0.4, -0.2) is 40.0 Å². The zero-order valence-corrected chi connectivity index (χ0v) is 10.6. The monoisotopic (exact) mass is 247 g/mol. The number of ether oxygens (including phenoxy) is 1. The molecule has 0 radical (unpaired) electrons. The maximum Gasteiger partial charge on any atom is 0.323 e. The number of carbonyl (C=O) groups is 1. The Morgan fingerprint density at radius 2 is 2.44 bits per heavy atom. The average Bonchev–Trinajstić information content (AvgIpc) is 2.83. The summed E-state index contributed by atoms with van der Waals surface area (Å²) in [7, 11) is 0. The summed E-state index contributed by atoms with van der Waals surface area (Å²) in [4.78, 5) is 22.7. The summed E-state index contributed by atoms with van der Waals surface area (Å²) in [5.41, 5.74) is 2.29. The lowest BCUT2D eigenvalue weighted by atomic mass is 10.0. The third kappa shape index (κ3) is 1.99. The summed E-state index contributed by atoms with van der Waals surface area (Å²) in [6, 6.07) is -0.0711. The number of aryl methyl sites for hydroxylation is 1. The van der Waals surface area contributed by atoms with Crippen molar-refractivity contribution in [3.63, 3.8) is 0 Å². The van der Waals surface area contributed by atoms with Crippen molar-refractivity contribution in [1.82, 2.24) is 14.9 Å². The molecule has 0 spiro atoms. The van der Waals surface area contributed by atoms with E-state index in [1.54, 1.807) is 0 Å². The molecule has 2 aliphatic rings. The number of fused-ring (bicyclic) bond motifs is 1. The third-order valence-corrected chi connectivity index (χ3v) is 3.69. The number of hydrogen-bond acceptors (Lipinski definition) is 5. The first-order valence-electron chi connectivity index (χ1n) is 6.52. The highest BCUT2D eigenvalue weighted by atomic mass is 16.5. The summed E-state index contributed by atoms with van der Waals surface area (Å²) in [5, 5.41) is 0. The van der Waals surface area contributed by atoms with Gasteiger partial charge in [-0.05, 0) is 12.0 Å². The highest BCUT2D eigenvalue weighted by Crippen LogP contribution is 2.22. The minimum atomic E-state index is -0.0804. The van der Waals surface area contributed by atoms with Crippen LogP contribution in [0.25, 0.3) is 0 Å². The lowest BCUT2D eigenvalue weighted by molar-refractivity contribution is -0.142. The summed E-state index contributed by atoms with van der Waals surface area (Å²) < 4.78 is 5.04. The second-order valence-electron chi connectivity index (χ2n) is 4.80.